The molecule has 4 nitrogen and oxygen atoms in total. The van der Waals surface area contributed by atoms with Crippen molar-refractivity contribution in [3.63, 3.8) is 0 Å². The van der Waals surface area contributed by atoms with Crippen LogP contribution < -0.4 is 10.6 Å². The summed E-state index contributed by atoms with van der Waals surface area (Å²) in [7, 11) is 1.98. The first-order valence-corrected chi connectivity index (χ1v) is 7.05. The molecule has 0 atom stereocenters. The lowest BCUT2D eigenvalue weighted by Crippen LogP contribution is -2.37. The Kier molecular flexibility index (Phi) is 5.37. The van der Waals surface area contributed by atoms with Gasteiger partial charge in [0.2, 0.25) is 0 Å². The molecule has 0 spiro atoms. The fourth-order valence-electron chi connectivity index (χ4n) is 1.99. The van der Waals surface area contributed by atoms with Crippen LogP contribution in [0.4, 0.5) is 4.39 Å². The third kappa shape index (κ3) is 4.63. The molecule has 0 unspecified atom stereocenters. The zero-order valence-corrected chi connectivity index (χ0v) is 12.4. The van der Waals surface area contributed by atoms with Crippen LogP contribution in [-0.4, -0.2) is 17.1 Å². The molecule has 1 aromatic heterocycles. The summed E-state index contributed by atoms with van der Waals surface area (Å²) in [6.45, 7) is 3.77. The number of rotatable bonds is 5. The second kappa shape index (κ2) is 7.47. The molecular formula is C16H21FN4. The largest absolute Gasteiger partial charge is 0.357 e. The number of aryl methyl sites for hydroxylation is 1. The van der Waals surface area contributed by atoms with Crippen molar-refractivity contribution in [2.24, 2.45) is 12.0 Å². The summed E-state index contributed by atoms with van der Waals surface area (Å²) in [5.74, 6) is 0.480. The fraction of sp³-hybridized carbons (Fsp3) is 0.312. The number of nitrogens with zero attached hydrogens (tertiary/aromatic N) is 2. The lowest BCUT2D eigenvalue weighted by molar-refractivity contribution is 0.604. The monoisotopic (exact) mass is 288 g/mol. The third-order valence-electron chi connectivity index (χ3n) is 3.06. The molecule has 0 bridgehead atoms. The highest BCUT2D eigenvalue weighted by Gasteiger charge is 2.02. The van der Waals surface area contributed by atoms with Crippen LogP contribution in [0.25, 0.3) is 0 Å². The van der Waals surface area contributed by atoms with E-state index in [9.17, 15) is 4.39 Å². The van der Waals surface area contributed by atoms with E-state index in [1.807, 2.05) is 43.1 Å². The van der Waals surface area contributed by atoms with Crippen LogP contribution in [0.5, 0.6) is 0 Å². The van der Waals surface area contributed by atoms with Crippen LogP contribution in [0, 0.1) is 5.82 Å². The third-order valence-corrected chi connectivity index (χ3v) is 3.06. The predicted molar refractivity (Wildman–Crippen MR) is 83.5 cm³/mol. The Morgan fingerprint density at radius 2 is 2.05 bits per heavy atom. The van der Waals surface area contributed by atoms with Crippen LogP contribution in [0.2, 0.25) is 0 Å². The maximum absolute atomic E-state index is 13.6. The second-order valence-electron chi connectivity index (χ2n) is 4.83. The van der Waals surface area contributed by atoms with Crippen molar-refractivity contribution in [1.82, 2.24) is 15.2 Å². The zero-order valence-electron chi connectivity index (χ0n) is 12.4. The minimum absolute atomic E-state index is 0.205. The molecule has 5 heteroatoms. The standard InChI is InChI=1S/C16H21FN4/c1-3-18-16(19-10-13-8-9-21(2)12-13)20-11-14-6-4-5-7-15(14)17/h4-9,12H,3,10-11H2,1-2H3,(H2,18,19,20). The molecule has 0 fully saturated rings. The van der Waals surface area contributed by atoms with Crippen LogP contribution >= 0.6 is 0 Å². The summed E-state index contributed by atoms with van der Waals surface area (Å²) in [5.41, 5.74) is 1.77. The number of aliphatic imine (C=N–C) groups is 1. The average molecular weight is 288 g/mol. The van der Waals surface area contributed by atoms with E-state index in [1.165, 1.54) is 6.07 Å². The number of hydrogen-bond acceptors (Lipinski definition) is 1. The Morgan fingerprint density at radius 3 is 2.71 bits per heavy atom. The van der Waals surface area contributed by atoms with Gasteiger partial charge in [-0.25, -0.2) is 9.38 Å². The number of guanidine groups is 1. The smallest absolute Gasteiger partial charge is 0.191 e. The van der Waals surface area contributed by atoms with Gasteiger partial charge < -0.3 is 15.2 Å². The molecule has 2 aromatic rings. The number of nitrogens with one attached hydrogen (secondary N) is 2. The van der Waals surface area contributed by atoms with Crippen LogP contribution in [0.3, 0.4) is 0 Å². The lowest BCUT2D eigenvalue weighted by atomic mass is 10.2. The Hall–Kier alpha value is -2.30. The fourth-order valence-corrected chi connectivity index (χ4v) is 1.99. The van der Waals surface area contributed by atoms with Crippen molar-refractivity contribution in [2.45, 2.75) is 20.0 Å². The van der Waals surface area contributed by atoms with Gasteiger partial charge in [-0.2, -0.15) is 0 Å². The quantitative estimate of drug-likeness (QED) is 0.655. The molecule has 2 N–H and O–H groups in total. The highest BCUT2D eigenvalue weighted by molar-refractivity contribution is 5.79. The van der Waals surface area contributed by atoms with Gasteiger partial charge in [0.1, 0.15) is 5.82 Å². The summed E-state index contributed by atoms with van der Waals surface area (Å²) >= 11 is 0. The number of hydrogen-bond donors (Lipinski definition) is 2. The maximum Gasteiger partial charge on any atom is 0.191 e. The number of aromatic nitrogens is 1. The van der Waals surface area contributed by atoms with Gasteiger partial charge in [-0.1, -0.05) is 18.2 Å². The van der Waals surface area contributed by atoms with E-state index in [1.54, 1.807) is 12.1 Å². The summed E-state index contributed by atoms with van der Waals surface area (Å²) in [5, 5.41) is 6.31. The van der Waals surface area contributed by atoms with E-state index in [0.29, 0.717) is 24.6 Å². The van der Waals surface area contributed by atoms with Crippen LogP contribution in [0.1, 0.15) is 18.1 Å². The van der Waals surface area contributed by atoms with Crippen molar-refractivity contribution < 1.29 is 4.39 Å². The van der Waals surface area contributed by atoms with Gasteiger partial charge >= 0.3 is 0 Å². The molecule has 1 heterocycles. The Morgan fingerprint density at radius 1 is 1.24 bits per heavy atom. The molecule has 0 aliphatic carbocycles. The summed E-state index contributed by atoms with van der Waals surface area (Å²) in [4.78, 5) is 4.50. The summed E-state index contributed by atoms with van der Waals surface area (Å²) < 4.78 is 15.6. The van der Waals surface area contributed by atoms with E-state index < -0.39 is 0 Å². The minimum Gasteiger partial charge on any atom is -0.357 e. The lowest BCUT2D eigenvalue weighted by Gasteiger charge is -2.11. The molecule has 2 rings (SSSR count). The summed E-state index contributed by atoms with van der Waals surface area (Å²) in [6.07, 6.45) is 4.02. The van der Waals surface area contributed by atoms with E-state index in [-0.39, 0.29) is 5.82 Å². The van der Waals surface area contributed by atoms with E-state index in [4.69, 9.17) is 0 Å². The number of halogens is 1. The molecular weight excluding hydrogens is 267 g/mol. The molecule has 1 aromatic carbocycles. The first-order chi connectivity index (χ1) is 10.2. The molecule has 21 heavy (non-hydrogen) atoms. The zero-order chi connectivity index (χ0) is 15.1. The van der Waals surface area contributed by atoms with Crippen molar-refractivity contribution in [1.29, 1.82) is 0 Å². The van der Waals surface area contributed by atoms with E-state index in [2.05, 4.69) is 15.6 Å². The highest BCUT2D eigenvalue weighted by Crippen LogP contribution is 2.05. The van der Waals surface area contributed by atoms with Gasteiger partial charge in [0.25, 0.3) is 0 Å². The van der Waals surface area contributed by atoms with Gasteiger partial charge in [0, 0.05) is 38.1 Å². The first-order valence-electron chi connectivity index (χ1n) is 7.05. The van der Waals surface area contributed by atoms with Crippen molar-refractivity contribution in [3.8, 4) is 0 Å². The van der Waals surface area contributed by atoms with Crippen molar-refractivity contribution in [2.75, 3.05) is 6.54 Å². The molecule has 0 aliphatic heterocycles. The highest BCUT2D eigenvalue weighted by atomic mass is 19.1. The molecule has 0 saturated carbocycles. The van der Waals surface area contributed by atoms with Crippen molar-refractivity contribution in [3.05, 3.63) is 59.7 Å². The number of benzene rings is 1. The maximum atomic E-state index is 13.6. The molecule has 0 amide bonds. The molecule has 0 radical (unpaired) electrons. The molecule has 0 saturated heterocycles. The Labute approximate surface area is 124 Å². The van der Waals surface area contributed by atoms with E-state index >= 15 is 0 Å². The normalized spacial score (nSPS) is 11.5. The molecule has 112 valence electrons. The Balaban J connectivity index is 1.96. The van der Waals surface area contributed by atoms with Gasteiger partial charge in [0.15, 0.2) is 5.96 Å². The second-order valence-corrected chi connectivity index (χ2v) is 4.83. The van der Waals surface area contributed by atoms with Crippen LogP contribution in [-0.2, 0) is 20.1 Å². The summed E-state index contributed by atoms with van der Waals surface area (Å²) in [6, 6.07) is 8.78. The minimum atomic E-state index is -0.205. The van der Waals surface area contributed by atoms with Gasteiger partial charge in [-0.3, -0.25) is 0 Å². The van der Waals surface area contributed by atoms with Crippen molar-refractivity contribution >= 4 is 5.96 Å². The van der Waals surface area contributed by atoms with E-state index in [0.717, 1.165) is 12.1 Å². The Bertz CT molecular complexity index is 604. The van der Waals surface area contributed by atoms with Gasteiger partial charge in [-0.05, 0) is 24.6 Å². The van der Waals surface area contributed by atoms with Gasteiger partial charge in [0.05, 0.1) is 6.54 Å². The topological polar surface area (TPSA) is 41.4 Å². The molecule has 0 aliphatic rings. The predicted octanol–water partition coefficient (Wildman–Crippen LogP) is 2.42. The van der Waals surface area contributed by atoms with Crippen LogP contribution in [0.15, 0.2) is 47.7 Å². The van der Waals surface area contributed by atoms with Gasteiger partial charge in [-0.15, -0.1) is 0 Å². The first kappa shape index (κ1) is 15.1. The SMILES string of the molecule is CCNC(=NCc1ccn(C)c1)NCc1ccccc1F. The average Bonchev–Trinajstić information content (AvgIpc) is 2.89.